The van der Waals surface area contributed by atoms with E-state index >= 15 is 0 Å². The Labute approximate surface area is 182 Å². The van der Waals surface area contributed by atoms with Crippen molar-refractivity contribution in [1.82, 2.24) is 10.9 Å². The van der Waals surface area contributed by atoms with Crippen molar-refractivity contribution in [2.24, 2.45) is 10.2 Å². The molecule has 0 aromatic heterocycles. The molecule has 0 aliphatic carbocycles. The monoisotopic (exact) mass is 454 g/mol. The number of hydrogen-bond donors (Lipinski definition) is 4. The number of benzene rings is 2. The molecule has 0 heterocycles. The molecular formula is C19H20Cl2N4O5. The maximum Gasteiger partial charge on any atom is 0.355 e. The van der Waals surface area contributed by atoms with Gasteiger partial charge in [0.15, 0.2) is 23.0 Å². The zero-order valence-corrected chi connectivity index (χ0v) is 17.7. The van der Waals surface area contributed by atoms with Gasteiger partial charge < -0.3 is 19.7 Å². The Kier molecular flexibility index (Phi) is 8.57. The van der Waals surface area contributed by atoms with Gasteiger partial charge in [0.1, 0.15) is 0 Å². The second-order valence-electron chi connectivity index (χ2n) is 5.63. The fourth-order valence-electron chi connectivity index (χ4n) is 2.22. The fourth-order valence-corrected chi connectivity index (χ4v) is 2.66. The lowest BCUT2D eigenvalue weighted by atomic mass is 10.2. The average molecular weight is 455 g/mol. The molecule has 2 rings (SSSR count). The predicted octanol–water partition coefficient (Wildman–Crippen LogP) is 3.87. The molecule has 2 aromatic rings. The van der Waals surface area contributed by atoms with Crippen LogP contribution in [0.25, 0.3) is 0 Å². The van der Waals surface area contributed by atoms with Crippen LogP contribution in [-0.2, 0) is 0 Å². The van der Waals surface area contributed by atoms with Crippen molar-refractivity contribution >= 4 is 41.7 Å². The van der Waals surface area contributed by atoms with E-state index in [1.807, 2.05) is 0 Å². The summed E-state index contributed by atoms with van der Waals surface area (Å²) in [5.74, 6) is 0.0778. The Morgan fingerprint density at radius 1 is 0.900 bits per heavy atom. The SMILES string of the molecule is CCOc1cc(C=NNC(=O)N/N=C/c2cc(Cl)c(O)c(OCC)c2)cc(Cl)c1O. The summed E-state index contributed by atoms with van der Waals surface area (Å²) in [6.45, 7) is 4.23. The topological polar surface area (TPSA) is 125 Å². The number of ether oxygens (including phenoxy) is 2. The van der Waals surface area contributed by atoms with Crippen LogP contribution in [0.1, 0.15) is 25.0 Å². The van der Waals surface area contributed by atoms with E-state index in [1.165, 1.54) is 36.7 Å². The van der Waals surface area contributed by atoms with Gasteiger partial charge in [-0.25, -0.2) is 15.6 Å². The van der Waals surface area contributed by atoms with Gasteiger partial charge in [0.2, 0.25) is 0 Å². The maximum atomic E-state index is 11.8. The number of nitrogens with one attached hydrogen (secondary N) is 2. The van der Waals surface area contributed by atoms with Crippen LogP contribution in [0.5, 0.6) is 23.0 Å². The number of urea groups is 1. The lowest BCUT2D eigenvalue weighted by Gasteiger charge is -2.08. The lowest BCUT2D eigenvalue weighted by Crippen LogP contribution is -2.28. The van der Waals surface area contributed by atoms with Gasteiger partial charge >= 0.3 is 6.03 Å². The van der Waals surface area contributed by atoms with Crippen molar-refractivity contribution in [3.8, 4) is 23.0 Å². The minimum absolute atomic E-state index is 0.0930. The molecule has 0 fully saturated rings. The summed E-state index contributed by atoms with van der Waals surface area (Å²) >= 11 is 11.9. The predicted molar refractivity (Wildman–Crippen MR) is 115 cm³/mol. The van der Waals surface area contributed by atoms with E-state index in [9.17, 15) is 15.0 Å². The van der Waals surface area contributed by atoms with Crippen LogP contribution >= 0.6 is 23.2 Å². The smallest absolute Gasteiger partial charge is 0.355 e. The minimum Gasteiger partial charge on any atom is -0.503 e. The molecule has 0 unspecified atom stereocenters. The highest BCUT2D eigenvalue weighted by atomic mass is 35.5. The third kappa shape index (κ3) is 6.43. The number of aromatic hydroxyl groups is 2. The van der Waals surface area contributed by atoms with Gasteiger partial charge in [0.25, 0.3) is 0 Å². The maximum absolute atomic E-state index is 11.8. The number of rotatable bonds is 8. The van der Waals surface area contributed by atoms with E-state index in [4.69, 9.17) is 32.7 Å². The average Bonchev–Trinajstić information content (AvgIpc) is 2.69. The molecule has 0 aliphatic rings. The van der Waals surface area contributed by atoms with Crippen molar-refractivity contribution in [2.45, 2.75) is 13.8 Å². The number of hydrazone groups is 2. The first kappa shape index (κ1) is 23.1. The van der Waals surface area contributed by atoms with Gasteiger partial charge in [-0.05, 0) is 49.2 Å². The number of carbonyl (C=O) groups excluding carboxylic acids is 1. The van der Waals surface area contributed by atoms with Gasteiger partial charge in [0.05, 0.1) is 35.7 Å². The summed E-state index contributed by atoms with van der Waals surface area (Å²) < 4.78 is 10.5. The van der Waals surface area contributed by atoms with Crippen LogP contribution in [0.15, 0.2) is 34.5 Å². The van der Waals surface area contributed by atoms with E-state index in [0.29, 0.717) is 24.3 Å². The van der Waals surface area contributed by atoms with Gasteiger partial charge in [-0.1, -0.05) is 23.2 Å². The highest BCUT2D eigenvalue weighted by Crippen LogP contribution is 2.35. The molecule has 0 atom stereocenters. The van der Waals surface area contributed by atoms with E-state index in [0.717, 1.165) is 0 Å². The first-order valence-corrected chi connectivity index (χ1v) is 9.54. The second kappa shape index (κ2) is 11.1. The van der Waals surface area contributed by atoms with Crippen molar-refractivity contribution in [1.29, 1.82) is 0 Å². The first-order valence-electron chi connectivity index (χ1n) is 8.78. The normalized spacial score (nSPS) is 11.1. The van der Waals surface area contributed by atoms with Crippen molar-refractivity contribution in [3.05, 3.63) is 45.4 Å². The molecule has 160 valence electrons. The zero-order valence-electron chi connectivity index (χ0n) is 16.1. The molecule has 0 saturated heterocycles. The molecule has 0 bridgehead atoms. The summed E-state index contributed by atoms with van der Waals surface area (Å²) in [4.78, 5) is 11.8. The molecular weight excluding hydrogens is 435 g/mol. The number of hydrogen-bond acceptors (Lipinski definition) is 7. The first-order chi connectivity index (χ1) is 14.3. The van der Waals surface area contributed by atoms with Gasteiger partial charge in [-0.3, -0.25) is 0 Å². The molecule has 2 amide bonds. The third-order valence-corrected chi connectivity index (χ3v) is 4.04. The largest absolute Gasteiger partial charge is 0.503 e. The highest BCUT2D eigenvalue weighted by Gasteiger charge is 2.10. The van der Waals surface area contributed by atoms with Crippen LogP contribution in [0.4, 0.5) is 4.79 Å². The van der Waals surface area contributed by atoms with Crippen LogP contribution < -0.4 is 20.3 Å². The molecule has 4 N–H and O–H groups in total. The zero-order chi connectivity index (χ0) is 22.1. The molecule has 9 nitrogen and oxygen atoms in total. The van der Waals surface area contributed by atoms with Gasteiger partial charge in [-0.15, -0.1) is 0 Å². The molecule has 0 spiro atoms. The number of phenolic OH excluding ortho intramolecular Hbond substituents is 2. The summed E-state index contributed by atoms with van der Waals surface area (Å²) in [5, 5.41) is 27.4. The van der Waals surface area contributed by atoms with Crippen molar-refractivity contribution in [2.75, 3.05) is 13.2 Å². The summed E-state index contributed by atoms with van der Waals surface area (Å²) in [6, 6.07) is 5.27. The van der Waals surface area contributed by atoms with E-state index in [2.05, 4.69) is 21.1 Å². The van der Waals surface area contributed by atoms with Crippen LogP contribution in [0.3, 0.4) is 0 Å². The quantitative estimate of drug-likeness (QED) is 0.355. The van der Waals surface area contributed by atoms with Gasteiger partial charge in [0, 0.05) is 0 Å². The Balaban J connectivity index is 1.95. The molecule has 30 heavy (non-hydrogen) atoms. The van der Waals surface area contributed by atoms with Crippen LogP contribution in [0, 0.1) is 0 Å². The van der Waals surface area contributed by atoms with Crippen LogP contribution in [0.2, 0.25) is 10.0 Å². The molecule has 11 heteroatoms. The number of carbonyl (C=O) groups is 1. The third-order valence-electron chi connectivity index (χ3n) is 3.46. The summed E-state index contributed by atoms with van der Waals surface area (Å²) in [6.07, 6.45) is 2.65. The van der Waals surface area contributed by atoms with Crippen LogP contribution in [-0.4, -0.2) is 41.9 Å². The van der Waals surface area contributed by atoms with Crippen molar-refractivity contribution in [3.63, 3.8) is 0 Å². The molecule has 0 saturated carbocycles. The van der Waals surface area contributed by atoms with E-state index in [1.54, 1.807) is 13.8 Å². The Hall–Kier alpha value is -3.17. The Morgan fingerprint density at radius 2 is 1.30 bits per heavy atom. The molecule has 0 aliphatic heterocycles. The molecule has 0 radical (unpaired) electrons. The standard InChI is InChI=1S/C19H20Cl2N4O5/c1-3-29-15-7-11(5-13(20)17(15)26)9-22-24-19(28)25-23-10-12-6-14(21)18(27)16(8-12)30-4-2/h5-10,26-27H,3-4H2,1-2H3,(H2,24,25,28)/b22-9+,23-10?. The Morgan fingerprint density at radius 3 is 1.67 bits per heavy atom. The highest BCUT2D eigenvalue weighted by molar-refractivity contribution is 6.32. The second-order valence-corrected chi connectivity index (χ2v) is 6.45. The summed E-state index contributed by atoms with van der Waals surface area (Å²) in [7, 11) is 0. The Bertz CT molecular complexity index is 891. The number of nitrogens with zero attached hydrogens (tertiary/aromatic N) is 2. The number of amides is 2. The van der Waals surface area contributed by atoms with Gasteiger partial charge in [-0.2, -0.15) is 10.2 Å². The van der Waals surface area contributed by atoms with E-state index in [-0.39, 0.29) is 33.0 Å². The van der Waals surface area contributed by atoms with E-state index < -0.39 is 6.03 Å². The minimum atomic E-state index is -0.702. The number of halogens is 2. The molecule has 2 aromatic carbocycles. The number of phenols is 2. The lowest BCUT2D eigenvalue weighted by molar-refractivity contribution is 0.242. The van der Waals surface area contributed by atoms with Crippen molar-refractivity contribution < 1.29 is 24.5 Å². The summed E-state index contributed by atoms with van der Waals surface area (Å²) in [5.41, 5.74) is 5.46. The fraction of sp³-hybridized carbons (Fsp3) is 0.211.